The Hall–Kier alpha value is -1.75. The van der Waals surface area contributed by atoms with Crippen LogP contribution in [0.15, 0.2) is 24.3 Å². The van der Waals surface area contributed by atoms with Gasteiger partial charge in [-0.2, -0.15) is 0 Å². The smallest absolute Gasteiger partial charge is 0.243 e. The van der Waals surface area contributed by atoms with E-state index in [4.69, 9.17) is 16.3 Å². The maximum absolute atomic E-state index is 13.3. The number of carbonyl (C=O) groups excluding carboxylic acids is 2. The number of nitrogens with one attached hydrogen (secondary N) is 1. The Balaban J connectivity index is 1.41. The number of nitrogens with zero attached hydrogens (tertiary/aromatic N) is 1. The van der Waals surface area contributed by atoms with Crippen molar-refractivity contribution >= 4 is 29.1 Å². The fourth-order valence-electron chi connectivity index (χ4n) is 5.99. The number of amides is 2. The standard InChI is InChI=1S/C21H27ClN2O3/c1-24(12-18(25)23-16-4-3-5-17(7-16)27-2)19(26)20-8-14-6-15(9-20)11-21(22,10-14)13-20/h3-5,7,14-15H,6,8-13H2,1-2H3,(H,23,25)/t14-,15-,20?,21?/m0/s1. The number of alkyl halides is 1. The first kappa shape index (κ1) is 18.6. The van der Waals surface area contributed by atoms with Crippen LogP contribution in [0.25, 0.3) is 0 Å². The van der Waals surface area contributed by atoms with Crippen LogP contribution >= 0.6 is 11.6 Å². The highest BCUT2D eigenvalue weighted by Crippen LogP contribution is 2.64. The second-order valence-electron chi connectivity index (χ2n) is 8.83. The molecule has 1 aromatic carbocycles. The third-order valence-corrected chi connectivity index (χ3v) is 6.97. The van der Waals surface area contributed by atoms with Gasteiger partial charge in [0.2, 0.25) is 11.8 Å². The summed E-state index contributed by atoms with van der Waals surface area (Å²) < 4.78 is 5.17. The Kier molecular flexibility index (Phi) is 4.61. The van der Waals surface area contributed by atoms with Crippen molar-refractivity contribution in [1.82, 2.24) is 4.90 Å². The van der Waals surface area contributed by atoms with Crippen molar-refractivity contribution in [2.45, 2.75) is 43.4 Å². The molecule has 1 N–H and O–H groups in total. The average Bonchev–Trinajstić information content (AvgIpc) is 2.58. The number of benzene rings is 1. The van der Waals surface area contributed by atoms with Gasteiger partial charge < -0.3 is 15.0 Å². The SMILES string of the molecule is COc1cccc(NC(=O)CN(C)C(=O)C23C[C@@H]4C[C@H](CC(Cl)(C4)C2)C3)c1. The van der Waals surface area contributed by atoms with Crippen LogP contribution in [0.4, 0.5) is 5.69 Å². The molecule has 2 atom stereocenters. The van der Waals surface area contributed by atoms with E-state index in [1.54, 1.807) is 31.2 Å². The lowest BCUT2D eigenvalue weighted by atomic mass is 9.49. The van der Waals surface area contributed by atoms with Crippen LogP contribution in [0.1, 0.15) is 38.5 Å². The van der Waals surface area contributed by atoms with Gasteiger partial charge in [0.1, 0.15) is 5.75 Å². The van der Waals surface area contributed by atoms with Gasteiger partial charge in [-0.15, -0.1) is 11.6 Å². The van der Waals surface area contributed by atoms with Gasteiger partial charge in [-0.05, 0) is 62.5 Å². The average molecular weight is 391 g/mol. The van der Waals surface area contributed by atoms with E-state index >= 15 is 0 Å². The van der Waals surface area contributed by atoms with E-state index in [9.17, 15) is 9.59 Å². The molecule has 4 aliphatic rings. The van der Waals surface area contributed by atoms with Crippen molar-refractivity contribution in [1.29, 1.82) is 0 Å². The molecular formula is C21H27ClN2O3. The van der Waals surface area contributed by atoms with Crippen LogP contribution in [-0.2, 0) is 9.59 Å². The van der Waals surface area contributed by atoms with Gasteiger partial charge in [0.15, 0.2) is 0 Å². The number of ether oxygens (including phenoxy) is 1. The lowest BCUT2D eigenvalue weighted by Gasteiger charge is -2.59. The molecule has 4 fully saturated rings. The molecule has 1 aromatic rings. The molecule has 0 spiro atoms. The van der Waals surface area contributed by atoms with Crippen LogP contribution < -0.4 is 10.1 Å². The maximum Gasteiger partial charge on any atom is 0.243 e. The van der Waals surface area contributed by atoms with Gasteiger partial charge in [0.25, 0.3) is 0 Å². The minimum absolute atomic E-state index is 0.0441. The summed E-state index contributed by atoms with van der Waals surface area (Å²) in [5.74, 6) is 1.68. The number of halogens is 1. The molecule has 27 heavy (non-hydrogen) atoms. The first-order valence-electron chi connectivity index (χ1n) is 9.69. The number of hydrogen-bond acceptors (Lipinski definition) is 3. The zero-order valence-corrected chi connectivity index (χ0v) is 16.7. The largest absolute Gasteiger partial charge is 0.497 e. The number of rotatable bonds is 5. The third-order valence-electron chi connectivity index (χ3n) is 6.52. The van der Waals surface area contributed by atoms with Gasteiger partial charge >= 0.3 is 0 Å². The number of likely N-dealkylation sites (N-methyl/N-ethyl adjacent to an activating group) is 1. The molecule has 0 heterocycles. The van der Waals surface area contributed by atoms with Crippen molar-refractivity contribution < 1.29 is 14.3 Å². The Morgan fingerprint density at radius 3 is 2.59 bits per heavy atom. The van der Waals surface area contributed by atoms with Gasteiger partial charge in [-0.25, -0.2) is 0 Å². The molecule has 146 valence electrons. The fourth-order valence-corrected chi connectivity index (χ4v) is 6.69. The van der Waals surface area contributed by atoms with Gasteiger partial charge in [0.05, 0.1) is 19.1 Å². The summed E-state index contributed by atoms with van der Waals surface area (Å²) in [6, 6.07) is 7.20. The van der Waals surface area contributed by atoms with E-state index in [0.29, 0.717) is 23.3 Å². The van der Waals surface area contributed by atoms with Crippen LogP contribution in [0.2, 0.25) is 0 Å². The molecule has 5 nitrogen and oxygen atoms in total. The lowest BCUT2D eigenvalue weighted by Crippen LogP contribution is -2.59. The minimum atomic E-state index is -0.364. The van der Waals surface area contributed by atoms with E-state index in [1.165, 1.54) is 6.42 Å². The summed E-state index contributed by atoms with van der Waals surface area (Å²) in [5, 5.41) is 2.84. The Labute approximate surface area is 165 Å². The van der Waals surface area contributed by atoms with E-state index in [0.717, 1.165) is 32.1 Å². The second-order valence-corrected chi connectivity index (χ2v) is 9.64. The Morgan fingerprint density at radius 2 is 1.96 bits per heavy atom. The summed E-state index contributed by atoms with van der Waals surface area (Å²) in [6.07, 6.45) is 5.91. The highest BCUT2D eigenvalue weighted by atomic mass is 35.5. The number of hydrogen-bond donors (Lipinski definition) is 1. The van der Waals surface area contributed by atoms with Crippen molar-refractivity contribution in [3.05, 3.63) is 24.3 Å². The molecule has 0 aromatic heterocycles. The molecule has 0 radical (unpaired) electrons. The Bertz CT molecular complexity index is 752. The van der Waals surface area contributed by atoms with Crippen molar-refractivity contribution in [3.8, 4) is 5.75 Å². The fraction of sp³-hybridized carbons (Fsp3) is 0.619. The quantitative estimate of drug-likeness (QED) is 0.780. The van der Waals surface area contributed by atoms with E-state index in [-0.39, 0.29) is 28.6 Å². The predicted molar refractivity (Wildman–Crippen MR) is 105 cm³/mol. The molecular weight excluding hydrogens is 364 g/mol. The molecule has 4 saturated carbocycles. The molecule has 0 aliphatic heterocycles. The van der Waals surface area contributed by atoms with E-state index in [2.05, 4.69) is 5.32 Å². The second kappa shape index (κ2) is 6.69. The van der Waals surface area contributed by atoms with Crippen LogP contribution in [0.5, 0.6) is 5.75 Å². The number of methoxy groups -OCH3 is 1. The Morgan fingerprint density at radius 1 is 1.26 bits per heavy atom. The first-order valence-corrected chi connectivity index (χ1v) is 10.1. The van der Waals surface area contributed by atoms with Crippen LogP contribution in [0.3, 0.4) is 0 Å². The van der Waals surface area contributed by atoms with Gasteiger partial charge in [0, 0.05) is 23.7 Å². The summed E-state index contributed by atoms with van der Waals surface area (Å²) in [4.78, 5) is 27.1. The lowest BCUT2D eigenvalue weighted by molar-refractivity contribution is -0.155. The minimum Gasteiger partial charge on any atom is -0.497 e. The molecule has 2 amide bonds. The monoisotopic (exact) mass is 390 g/mol. The maximum atomic E-state index is 13.3. The van der Waals surface area contributed by atoms with E-state index < -0.39 is 0 Å². The van der Waals surface area contributed by atoms with Gasteiger partial charge in [-0.3, -0.25) is 9.59 Å². The van der Waals surface area contributed by atoms with Crippen molar-refractivity contribution in [2.75, 3.05) is 26.0 Å². The number of anilines is 1. The zero-order valence-electron chi connectivity index (χ0n) is 16.0. The van der Waals surface area contributed by atoms with Crippen LogP contribution in [-0.4, -0.2) is 42.3 Å². The summed E-state index contributed by atoms with van der Waals surface area (Å²) >= 11 is 6.85. The van der Waals surface area contributed by atoms with Crippen molar-refractivity contribution in [3.63, 3.8) is 0 Å². The molecule has 4 aliphatic carbocycles. The molecule has 0 unspecified atom stereocenters. The topological polar surface area (TPSA) is 58.6 Å². The zero-order chi connectivity index (χ0) is 19.2. The number of carbonyl (C=O) groups is 2. The van der Waals surface area contributed by atoms with Crippen LogP contribution in [0, 0.1) is 17.3 Å². The molecule has 5 rings (SSSR count). The summed E-state index contributed by atoms with van der Waals surface area (Å²) in [5.41, 5.74) is 0.298. The van der Waals surface area contributed by atoms with E-state index in [1.807, 2.05) is 12.1 Å². The third kappa shape index (κ3) is 3.54. The summed E-state index contributed by atoms with van der Waals surface area (Å²) in [7, 11) is 3.31. The predicted octanol–water partition coefficient (Wildman–Crippen LogP) is 3.67. The van der Waals surface area contributed by atoms with Crippen molar-refractivity contribution in [2.24, 2.45) is 17.3 Å². The first-order chi connectivity index (χ1) is 12.8. The molecule has 0 saturated heterocycles. The normalized spacial score (nSPS) is 33.6. The molecule has 4 bridgehead atoms. The van der Waals surface area contributed by atoms with Gasteiger partial charge in [-0.1, -0.05) is 6.07 Å². The highest BCUT2D eigenvalue weighted by Gasteiger charge is 2.60. The highest BCUT2D eigenvalue weighted by molar-refractivity contribution is 6.24. The molecule has 6 heteroatoms. The summed E-state index contributed by atoms with van der Waals surface area (Å²) in [6.45, 7) is 0.0441.